The minimum Gasteiger partial charge on any atom is -0.497 e. The first-order valence-electron chi connectivity index (χ1n) is 12.5. The lowest BCUT2D eigenvalue weighted by atomic mass is 10.0. The van der Waals surface area contributed by atoms with E-state index in [0.29, 0.717) is 29.5 Å². The van der Waals surface area contributed by atoms with Crippen LogP contribution in [0.3, 0.4) is 0 Å². The number of hydrogen-bond acceptors (Lipinski definition) is 4. The first-order valence-corrected chi connectivity index (χ1v) is 14.0. The van der Waals surface area contributed by atoms with Crippen LogP contribution in [-0.4, -0.2) is 41.7 Å². The van der Waals surface area contributed by atoms with E-state index in [9.17, 15) is 9.59 Å². The second-order valence-electron chi connectivity index (χ2n) is 9.02. The number of thioether (sulfide) groups is 1. The van der Waals surface area contributed by atoms with Crippen molar-refractivity contribution in [1.82, 2.24) is 10.2 Å². The van der Waals surface area contributed by atoms with Crippen LogP contribution in [0.5, 0.6) is 5.75 Å². The molecule has 0 radical (unpaired) electrons. The quantitative estimate of drug-likeness (QED) is 0.284. The molecule has 2 amide bonds. The number of halogens is 1. The van der Waals surface area contributed by atoms with Crippen LogP contribution in [0.25, 0.3) is 0 Å². The molecule has 0 saturated heterocycles. The Morgan fingerprint density at radius 2 is 1.68 bits per heavy atom. The third-order valence-electron chi connectivity index (χ3n) is 6.17. The molecule has 0 bridgehead atoms. The van der Waals surface area contributed by atoms with Crippen LogP contribution >= 0.6 is 23.4 Å². The van der Waals surface area contributed by atoms with Crippen LogP contribution in [0.4, 0.5) is 0 Å². The van der Waals surface area contributed by atoms with Crippen LogP contribution in [0.1, 0.15) is 37.0 Å². The van der Waals surface area contributed by atoms with E-state index in [0.717, 1.165) is 23.1 Å². The zero-order valence-electron chi connectivity index (χ0n) is 21.7. The van der Waals surface area contributed by atoms with Gasteiger partial charge in [0.25, 0.3) is 0 Å². The summed E-state index contributed by atoms with van der Waals surface area (Å²) in [5.74, 6) is 1.43. The molecule has 1 N–H and O–H groups in total. The van der Waals surface area contributed by atoms with Crippen molar-refractivity contribution in [2.45, 2.75) is 51.1 Å². The first-order chi connectivity index (χ1) is 17.9. The van der Waals surface area contributed by atoms with Crippen molar-refractivity contribution in [2.75, 3.05) is 12.9 Å². The number of rotatable bonds is 13. The Morgan fingerprint density at radius 1 is 0.973 bits per heavy atom. The van der Waals surface area contributed by atoms with E-state index in [1.54, 1.807) is 12.0 Å². The third kappa shape index (κ3) is 9.13. The highest BCUT2D eigenvalue weighted by Crippen LogP contribution is 2.21. The summed E-state index contributed by atoms with van der Waals surface area (Å²) < 4.78 is 5.39. The summed E-state index contributed by atoms with van der Waals surface area (Å²) in [6.07, 6.45) is 1.24. The highest BCUT2D eigenvalue weighted by atomic mass is 35.5. The molecule has 3 aromatic carbocycles. The number of nitrogens with zero attached hydrogens (tertiary/aromatic N) is 1. The smallest absolute Gasteiger partial charge is 0.243 e. The van der Waals surface area contributed by atoms with Crippen LogP contribution < -0.4 is 10.1 Å². The molecule has 37 heavy (non-hydrogen) atoms. The minimum absolute atomic E-state index is 0.0128. The molecule has 3 aromatic rings. The molecule has 0 fully saturated rings. The van der Waals surface area contributed by atoms with Gasteiger partial charge >= 0.3 is 0 Å². The standard InChI is InChI=1S/C30H35ClN2O3S/c1-4-22(2)32-30(35)28(18-23-9-6-5-7-10-23)33(19-25-11-8-12-27(17-25)36-3)29(34)21-37-20-24-13-15-26(31)16-14-24/h5-17,22,28H,4,18-21H2,1-3H3,(H,32,35). The zero-order chi connectivity index (χ0) is 26.6. The normalized spacial score (nSPS) is 12.4. The molecule has 0 aliphatic rings. The van der Waals surface area contributed by atoms with Crippen molar-refractivity contribution in [1.29, 1.82) is 0 Å². The van der Waals surface area contributed by atoms with Crippen molar-refractivity contribution >= 4 is 35.2 Å². The molecule has 0 aromatic heterocycles. The Bertz CT molecular complexity index is 1140. The molecule has 2 unspecified atom stereocenters. The molecular weight excluding hydrogens is 504 g/mol. The van der Waals surface area contributed by atoms with Crippen LogP contribution in [0, 0.1) is 0 Å². The monoisotopic (exact) mass is 538 g/mol. The highest BCUT2D eigenvalue weighted by molar-refractivity contribution is 7.99. The maximum Gasteiger partial charge on any atom is 0.243 e. The summed E-state index contributed by atoms with van der Waals surface area (Å²) in [5, 5.41) is 3.79. The van der Waals surface area contributed by atoms with Crippen molar-refractivity contribution < 1.29 is 14.3 Å². The number of carbonyl (C=O) groups is 2. The molecule has 0 aliphatic carbocycles. The number of carbonyl (C=O) groups excluding carboxylic acids is 2. The molecule has 3 rings (SSSR count). The highest BCUT2D eigenvalue weighted by Gasteiger charge is 2.31. The number of ether oxygens (including phenoxy) is 1. The van der Waals surface area contributed by atoms with Crippen LogP contribution in [0.2, 0.25) is 5.02 Å². The maximum absolute atomic E-state index is 13.7. The summed E-state index contributed by atoms with van der Waals surface area (Å²) in [6.45, 7) is 4.32. The van der Waals surface area contributed by atoms with Gasteiger partial charge in [-0.05, 0) is 54.3 Å². The molecule has 5 nitrogen and oxygen atoms in total. The van der Waals surface area contributed by atoms with E-state index in [-0.39, 0.29) is 23.6 Å². The summed E-state index contributed by atoms with van der Waals surface area (Å²) in [5.41, 5.74) is 3.01. The lowest BCUT2D eigenvalue weighted by Crippen LogP contribution is -2.52. The molecule has 0 spiro atoms. The average molecular weight is 539 g/mol. The molecule has 2 atom stereocenters. The van der Waals surface area contributed by atoms with Gasteiger partial charge in [0.05, 0.1) is 12.9 Å². The van der Waals surface area contributed by atoms with E-state index < -0.39 is 6.04 Å². The number of benzene rings is 3. The van der Waals surface area contributed by atoms with Gasteiger partial charge in [0.1, 0.15) is 11.8 Å². The third-order valence-corrected chi connectivity index (χ3v) is 7.41. The average Bonchev–Trinajstić information content (AvgIpc) is 2.92. The number of amides is 2. The Kier molecular flexibility index (Phi) is 11.4. The van der Waals surface area contributed by atoms with E-state index in [4.69, 9.17) is 16.3 Å². The van der Waals surface area contributed by atoms with Crippen molar-refractivity contribution in [3.63, 3.8) is 0 Å². The maximum atomic E-state index is 13.7. The molecular formula is C30H35ClN2O3S. The van der Waals surface area contributed by atoms with Crippen LogP contribution in [-0.2, 0) is 28.3 Å². The lowest BCUT2D eigenvalue weighted by molar-refractivity contribution is -0.139. The van der Waals surface area contributed by atoms with Gasteiger partial charge in [-0.25, -0.2) is 0 Å². The van der Waals surface area contributed by atoms with Gasteiger partial charge in [-0.15, -0.1) is 11.8 Å². The SMILES string of the molecule is CCC(C)NC(=O)C(Cc1ccccc1)N(Cc1cccc(OC)c1)C(=O)CSCc1ccc(Cl)cc1. The van der Waals surface area contributed by atoms with Crippen molar-refractivity contribution in [3.05, 3.63) is 101 Å². The molecule has 196 valence electrons. The largest absolute Gasteiger partial charge is 0.497 e. The topological polar surface area (TPSA) is 58.6 Å². The second-order valence-corrected chi connectivity index (χ2v) is 10.4. The number of hydrogen-bond donors (Lipinski definition) is 1. The van der Waals surface area contributed by atoms with Gasteiger partial charge in [0.15, 0.2) is 0 Å². The van der Waals surface area contributed by atoms with E-state index in [1.807, 2.05) is 92.7 Å². The number of nitrogens with one attached hydrogen (secondary N) is 1. The first kappa shape index (κ1) is 28.6. The Balaban J connectivity index is 1.86. The Labute approximate surface area is 229 Å². The Morgan fingerprint density at radius 3 is 2.35 bits per heavy atom. The summed E-state index contributed by atoms with van der Waals surface area (Å²) in [4.78, 5) is 29.0. The fourth-order valence-corrected chi connectivity index (χ4v) is 4.88. The lowest BCUT2D eigenvalue weighted by Gasteiger charge is -2.32. The summed E-state index contributed by atoms with van der Waals surface area (Å²) in [6, 6.07) is 24.5. The Hall–Kier alpha value is -2.96. The van der Waals surface area contributed by atoms with Gasteiger partial charge in [-0.1, -0.05) is 73.1 Å². The predicted octanol–water partition coefficient (Wildman–Crippen LogP) is 6.14. The van der Waals surface area contributed by atoms with Gasteiger partial charge in [-0.3, -0.25) is 9.59 Å². The van der Waals surface area contributed by atoms with Crippen LogP contribution in [0.15, 0.2) is 78.9 Å². The van der Waals surface area contributed by atoms with E-state index in [1.165, 1.54) is 11.8 Å². The summed E-state index contributed by atoms with van der Waals surface area (Å²) >= 11 is 7.53. The van der Waals surface area contributed by atoms with Gasteiger partial charge < -0.3 is 15.0 Å². The zero-order valence-corrected chi connectivity index (χ0v) is 23.2. The molecule has 0 aliphatic heterocycles. The van der Waals surface area contributed by atoms with Gasteiger partial charge in [0, 0.05) is 29.8 Å². The molecule has 0 saturated carbocycles. The number of methoxy groups -OCH3 is 1. The minimum atomic E-state index is -0.647. The second kappa shape index (κ2) is 14.7. The summed E-state index contributed by atoms with van der Waals surface area (Å²) in [7, 11) is 1.62. The van der Waals surface area contributed by atoms with Gasteiger partial charge in [0.2, 0.25) is 11.8 Å². The molecule has 0 heterocycles. The van der Waals surface area contributed by atoms with Crippen molar-refractivity contribution in [2.24, 2.45) is 0 Å². The fraction of sp³-hybridized carbons (Fsp3) is 0.333. The van der Waals surface area contributed by atoms with Crippen molar-refractivity contribution in [3.8, 4) is 5.75 Å². The van der Waals surface area contributed by atoms with Gasteiger partial charge in [-0.2, -0.15) is 0 Å². The van der Waals surface area contributed by atoms with E-state index >= 15 is 0 Å². The fourth-order valence-electron chi connectivity index (χ4n) is 3.88. The molecule has 7 heteroatoms. The predicted molar refractivity (Wildman–Crippen MR) is 153 cm³/mol. The van der Waals surface area contributed by atoms with E-state index in [2.05, 4.69) is 5.32 Å².